The second kappa shape index (κ2) is 6.65. The fourth-order valence-corrected chi connectivity index (χ4v) is 2.98. The van der Waals surface area contributed by atoms with Gasteiger partial charge in [0.15, 0.2) is 6.61 Å². The van der Waals surface area contributed by atoms with Crippen molar-refractivity contribution in [3.63, 3.8) is 0 Å². The number of aryl methyl sites for hydroxylation is 2. The zero-order valence-electron chi connectivity index (χ0n) is 13.4. The number of benzene rings is 2. The molecule has 3 rings (SSSR count). The number of hydrogen-bond donors (Lipinski definition) is 2. The van der Waals surface area contributed by atoms with Crippen molar-refractivity contribution in [1.29, 1.82) is 0 Å². The number of carbonyl (C=O) groups excluding carboxylic acids is 2. The van der Waals surface area contributed by atoms with Crippen LogP contribution in [0.1, 0.15) is 22.7 Å². The Bertz CT molecular complexity index is 803. The van der Waals surface area contributed by atoms with Gasteiger partial charge in [0.05, 0.1) is 0 Å². The van der Waals surface area contributed by atoms with E-state index in [-0.39, 0.29) is 18.4 Å². The summed E-state index contributed by atoms with van der Waals surface area (Å²) in [7, 11) is 0. The molecule has 6 heteroatoms. The molecule has 0 bridgehead atoms. The molecule has 0 saturated heterocycles. The summed E-state index contributed by atoms with van der Waals surface area (Å²) >= 11 is 3.36. The fourth-order valence-electron chi connectivity index (χ4n) is 2.71. The molecule has 124 valence electrons. The third-order valence-electron chi connectivity index (χ3n) is 3.93. The lowest BCUT2D eigenvalue weighted by Crippen LogP contribution is -2.37. The van der Waals surface area contributed by atoms with Gasteiger partial charge in [-0.25, -0.2) is 0 Å². The normalized spacial score (nSPS) is 16.5. The van der Waals surface area contributed by atoms with Crippen LogP contribution in [0, 0.1) is 13.8 Å². The summed E-state index contributed by atoms with van der Waals surface area (Å²) in [6.07, 6.45) is 0. The lowest BCUT2D eigenvalue weighted by molar-refractivity contribution is -0.127. The van der Waals surface area contributed by atoms with Crippen LogP contribution in [0.2, 0.25) is 0 Å². The van der Waals surface area contributed by atoms with Gasteiger partial charge in [-0.3, -0.25) is 9.59 Å². The number of rotatable bonds is 2. The molecule has 1 aliphatic heterocycles. The molecule has 1 unspecified atom stereocenters. The number of nitrogens with one attached hydrogen (secondary N) is 2. The first kappa shape index (κ1) is 16.5. The van der Waals surface area contributed by atoms with Crippen molar-refractivity contribution in [2.45, 2.75) is 19.9 Å². The molecule has 0 saturated carbocycles. The average molecular weight is 389 g/mol. The minimum atomic E-state index is -0.793. The van der Waals surface area contributed by atoms with Crippen LogP contribution in [0.15, 0.2) is 40.9 Å². The van der Waals surface area contributed by atoms with Crippen molar-refractivity contribution in [3.8, 4) is 5.75 Å². The number of carbonyl (C=O) groups is 2. The van der Waals surface area contributed by atoms with E-state index < -0.39 is 6.04 Å². The predicted octanol–water partition coefficient (Wildman–Crippen LogP) is 3.25. The molecule has 0 radical (unpaired) electrons. The van der Waals surface area contributed by atoms with E-state index in [2.05, 4.69) is 26.6 Å². The second-order valence-electron chi connectivity index (χ2n) is 5.73. The molecule has 1 atom stereocenters. The molecule has 2 amide bonds. The van der Waals surface area contributed by atoms with Crippen molar-refractivity contribution < 1.29 is 14.3 Å². The van der Waals surface area contributed by atoms with Gasteiger partial charge < -0.3 is 15.4 Å². The molecule has 0 aromatic heterocycles. The molecule has 5 nitrogen and oxygen atoms in total. The third-order valence-corrected chi connectivity index (χ3v) is 4.46. The van der Waals surface area contributed by atoms with Crippen molar-refractivity contribution in [3.05, 3.63) is 57.6 Å². The van der Waals surface area contributed by atoms with Gasteiger partial charge in [0.25, 0.3) is 11.8 Å². The van der Waals surface area contributed by atoms with Crippen molar-refractivity contribution >= 4 is 33.4 Å². The summed E-state index contributed by atoms with van der Waals surface area (Å²) in [5.41, 5.74) is 3.16. The second-order valence-corrected chi connectivity index (χ2v) is 6.64. The summed E-state index contributed by atoms with van der Waals surface area (Å²) in [5, 5.41) is 5.59. The number of ether oxygens (including phenoxy) is 1. The topological polar surface area (TPSA) is 67.4 Å². The van der Waals surface area contributed by atoms with Gasteiger partial charge in [-0.15, -0.1) is 0 Å². The largest absolute Gasteiger partial charge is 0.483 e. The number of fused-ring (bicyclic) bond motifs is 1. The van der Waals surface area contributed by atoms with E-state index in [0.29, 0.717) is 17.0 Å². The number of anilines is 1. The fraction of sp³-hybridized carbons (Fsp3) is 0.222. The van der Waals surface area contributed by atoms with E-state index in [0.717, 1.165) is 15.6 Å². The van der Waals surface area contributed by atoms with Crippen LogP contribution < -0.4 is 15.4 Å². The molecule has 1 heterocycles. The molecule has 0 aliphatic carbocycles. The number of hydrogen-bond acceptors (Lipinski definition) is 3. The van der Waals surface area contributed by atoms with Crippen molar-refractivity contribution in [1.82, 2.24) is 5.32 Å². The van der Waals surface area contributed by atoms with Gasteiger partial charge in [0, 0.05) is 15.7 Å². The Kier molecular flexibility index (Phi) is 4.57. The van der Waals surface area contributed by atoms with Gasteiger partial charge in [-0.05, 0) is 49.2 Å². The minimum Gasteiger partial charge on any atom is -0.483 e. The molecule has 2 N–H and O–H groups in total. The third kappa shape index (κ3) is 3.28. The minimum absolute atomic E-state index is 0.0979. The van der Waals surface area contributed by atoms with Crippen LogP contribution in [0.5, 0.6) is 5.75 Å². The van der Waals surface area contributed by atoms with Crippen LogP contribution in [0.4, 0.5) is 5.69 Å². The highest BCUT2D eigenvalue weighted by Gasteiger charge is 2.31. The smallest absolute Gasteiger partial charge is 0.258 e. The molecule has 0 fully saturated rings. The molecule has 2 aromatic carbocycles. The monoisotopic (exact) mass is 388 g/mol. The standard InChI is InChI=1S/C18H17BrN2O3/c1-10-3-4-11(2)17-15(10)16(21-14(22)9-24-17)18(23)20-13-7-5-12(19)6-8-13/h3-8,16H,9H2,1-2H3,(H,20,23)(H,21,22). The van der Waals surface area contributed by atoms with Crippen molar-refractivity contribution in [2.75, 3.05) is 11.9 Å². The molecular formula is C18H17BrN2O3. The summed E-state index contributed by atoms with van der Waals surface area (Å²) < 4.78 is 6.54. The first-order valence-electron chi connectivity index (χ1n) is 7.54. The first-order chi connectivity index (χ1) is 11.5. The Hall–Kier alpha value is -2.34. The van der Waals surface area contributed by atoms with E-state index in [1.54, 1.807) is 12.1 Å². The highest BCUT2D eigenvalue weighted by molar-refractivity contribution is 9.10. The van der Waals surface area contributed by atoms with Crippen LogP contribution in [0.25, 0.3) is 0 Å². The molecule has 2 aromatic rings. The van der Waals surface area contributed by atoms with E-state index in [9.17, 15) is 9.59 Å². The van der Waals surface area contributed by atoms with Crippen LogP contribution in [-0.2, 0) is 9.59 Å². The van der Waals surface area contributed by atoms with E-state index in [4.69, 9.17) is 4.74 Å². The highest BCUT2D eigenvalue weighted by Crippen LogP contribution is 2.34. The molecule has 24 heavy (non-hydrogen) atoms. The maximum atomic E-state index is 12.8. The summed E-state index contributed by atoms with van der Waals surface area (Å²) in [4.78, 5) is 24.7. The van der Waals surface area contributed by atoms with Gasteiger partial charge in [-0.1, -0.05) is 28.1 Å². The molecule has 1 aliphatic rings. The Morgan fingerprint density at radius 1 is 1.17 bits per heavy atom. The Morgan fingerprint density at radius 2 is 1.83 bits per heavy atom. The van der Waals surface area contributed by atoms with Gasteiger partial charge in [0.1, 0.15) is 11.8 Å². The Labute approximate surface area is 148 Å². The zero-order valence-corrected chi connectivity index (χ0v) is 14.9. The van der Waals surface area contributed by atoms with E-state index in [1.165, 1.54) is 0 Å². The predicted molar refractivity (Wildman–Crippen MR) is 95.1 cm³/mol. The average Bonchev–Trinajstić information content (AvgIpc) is 2.73. The lowest BCUT2D eigenvalue weighted by Gasteiger charge is -2.20. The van der Waals surface area contributed by atoms with E-state index in [1.807, 2.05) is 38.1 Å². The van der Waals surface area contributed by atoms with Gasteiger partial charge in [0.2, 0.25) is 0 Å². The lowest BCUT2D eigenvalue weighted by atomic mass is 9.96. The summed E-state index contributed by atoms with van der Waals surface area (Å²) in [6.45, 7) is 3.70. The SMILES string of the molecule is Cc1ccc(C)c2c1OCC(=O)NC2C(=O)Nc1ccc(Br)cc1. The zero-order chi connectivity index (χ0) is 17.3. The number of amides is 2. The van der Waals surface area contributed by atoms with Crippen LogP contribution in [-0.4, -0.2) is 18.4 Å². The van der Waals surface area contributed by atoms with Crippen LogP contribution in [0.3, 0.4) is 0 Å². The molecular weight excluding hydrogens is 372 g/mol. The highest BCUT2D eigenvalue weighted by atomic mass is 79.9. The summed E-state index contributed by atoms with van der Waals surface area (Å²) in [6, 6.07) is 10.3. The van der Waals surface area contributed by atoms with Gasteiger partial charge >= 0.3 is 0 Å². The Morgan fingerprint density at radius 3 is 2.54 bits per heavy atom. The van der Waals surface area contributed by atoms with Crippen molar-refractivity contribution in [2.24, 2.45) is 0 Å². The van der Waals surface area contributed by atoms with Crippen LogP contribution >= 0.6 is 15.9 Å². The Balaban J connectivity index is 1.97. The quantitative estimate of drug-likeness (QED) is 0.829. The van der Waals surface area contributed by atoms with E-state index >= 15 is 0 Å². The maximum Gasteiger partial charge on any atom is 0.258 e. The number of halogens is 1. The molecule has 0 spiro atoms. The first-order valence-corrected chi connectivity index (χ1v) is 8.33. The van der Waals surface area contributed by atoms with Gasteiger partial charge in [-0.2, -0.15) is 0 Å². The maximum absolute atomic E-state index is 12.8. The summed E-state index contributed by atoms with van der Waals surface area (Å²) in [5.74, 6) is -0.0172.